The van der Waals surface area contributed by atoms with Gasteiger partial charge >= 0.3 is 0 Å². The number of β-amino-alcohol motifs (C(OH)–C–C–N with tert-alkyl or cyclic N) is 1. The molecule has 2 aliphatic heterocycles. The van der Waals surface area contributed by atoms with Gasteiger partial charge in [-0.1, -0.05) is 6.07 Å². The standard InChI is InChI=1S/C14H21N3O2/c18-14-11-16(9-12-3-1-2-4-15-12)10-13(14)17-5-7-19-8-6-17/h1-4,13-14,18H,5-11H2/t13-,14-/m0/s1. The molecule has 1 aromatic rings. The van der Waals surface area contributed by atoms with E-state index in [0.29, 0.717) is 0 Å². The summed E-state index contributed by atoms with van der Waals surface area (Å²) in [5, 5.41) is 10.2. The van der Waals surface area contributed by atoms with E-state index in [1.54, 1.807) is 0 Å². The number of aliphatic hydroxyl groups excluding tert-OH is 1. The molecule has 2 fully saturated rings. The van der Waals surface area contributed by atoms with Crippen molar-refractivity contribution in [1.29, 1.82) is 0 Å². The maximum atomic E-state index is 10.2. The van der Waals surface area contributed by atoms with Crippen LogP contribution in [-0.4, -0.2) is 71.4 Å². The summed E-state index contributed by atoms with van der Waals surface area (Å²) in [5.74, 6) is 0. The molecule has 0 unspecified atom stereocenters. The summed E-state index contributed by atoms with van der Waals surface area (Å²) in [7, 11) is 0. The molecule has 0 bridgehead atoms. The molecule has 5 heteroatoms. The number of ether oxygens (including phenoxy) is 1. The SMILES string of the molecule is O[C@H]1CN(Cc2ccccn2)C[C@@H]1N1CCOCC1. The van der Waals surface area contributed by atoms with Crippen molar-refractivity contribution < 1.29 is 9.84 Å². The first-order valence-electron chi connectivity index (χ1n) is 6.95. The highest BCUT2D eigenvalue weighted by Crippen LogP contribution is 2.19. The highest BCUT2D eigenvalue weighted by molar-refractivity contribution is 5.04. The summed E-state index contributed by atoms with van der Waals surface area (Å²) in [4.78, 5) is 8.99. The van der Waals surface area contributed by atoms with E-state index in [9.17, 15) is 5.11 Å². The number of pyridine rings is 1. The average molecular weight is 263 g/mol. The van der Waals surface area contributed by atoms with E-state index in [4.69, 9.17) is 4.74 Å². The lowest BCUT2D eigenvalue weighted by molar-refractivity contribution is -0.00618. The van der Waals surface area contributed by atoms with Gasteiger partial charge in [-0.25, -0.2) is 0 Å². The van der Waals surface area contributed by atoms with Gasteiger partial charge in [0.2, 0.25) is 0 Å². The van der Waals surface area contributed by atoms with E-state index in [-0.39, 0.29) is 12.1 Å². The Labute approximate surface area is 113 Å². The molecule has 3 heterocycles. The van der Waals surface area contributed by atoms with E-state index in [2.05, 4.69) is 14.8 Å². The summed E-state index contributed by atoms with van der Waals surface area (Å²) in [5.41, 5.74) is 1.07. The second-order valence-corrected chi connectivity index (χ2v) is 5.30. The fourth-order valence-electron chi connectivity index (χ4n) is 2.96. The molecular formula is C14H21N3O2. The van der Waals surface area contributed by atoms with Gasteiger partial charge in [0.1, 0.15) is 0 Å². The molecule has 2 aliphatic rings. The lowest BCUT2D eigenvalue weighted by atomic mass is 10.2. The van der Waals surface area contributed by atoms with Gasteiger partial charge in [0.05, 0.1) is 25.0 Å². The summed E-state index contributed by atoms with van der Waals surface area (Å²) in [6.45, 7) is 5.89. The van der Waals surface area contributed by atoms with Gasteiger partial charge in [0.25, 0.3) is 0 Å². The van der Waals surface area contributed by atoms with Crippen LogP contribution in [0.3, 0.4) is 0 Å². The van der Waals surface area contributed by atoms with Crippen molar-refractivity contribution in [2.24, 2.45) is 0 Å². The predicted octanol–water partition coefficient (Wildman–Crippen LogP) is -0.0411. The first-order chi connectivity index (χ1) is 9.33. The van der Waals surface area contributed by atoms with Crippen LogP contribution in [0.15, 0.2) is 24.4 Å². The second-order valence-electron chi connectivity index (χ2n) is 5.30. The highest BCUT2D eigenvalue weighted by Gasteiger charge is 2.35. The van der Waals surface area contributed by atoms with E-state index < -0.39 is 0 Å². The van der Waals surface area contributed by atoms with Crippen LogP contribution in [0, 0.1) is 0 Å². The van der Waals surface area contributed by atoms with Gasteiger partial charge in [-0.3, -0.25) is 14.8 Å². The molecule has 0 aliphatic carbocycles. The Bertz CT molecular complexity index is 395. The van der Waals surface area contributed by atoms with Crippen molar-refractivity contribution in [2.45, 2.75) is 18.7 Å². The molecular weight excluding hydrogens is 242 g/mol. The number of likely N-dealkylation sites (tertiary alicyclic amines) is 1. The summed E-state index contributed by atoms with van der Waals surface area (Å²) >= 11 is 0. The first kappa shape index (κ1) is 13.0. The summed E-state index contributed by atoms with van der Waals surface area (Å²) < 4.78 is 5.37. The van der Waals surface area contributed by atoms with Crippen LogP contribution >= 0.6 is 0 Å². The Morgan fingerprint density at radius 2 is 2.11 bits per heavy atom. The molecule has 19 heavy (non-hydrogen) atoms. The maximum Gasteiger partial charge on any atom is 0.0834 e. The van der Waals surface area contributed by atoms with Crippen molar-refractivity contribution in [3.05, 3.63) is 30.1 Å². The summed E-state index contributed by atoms with van der Waals surface area (Å²) in [6.07, 6.45) is 1.56. The molecule has 3 rings (SSSR count). The Morgan fingerprint density at radius 1 is 1.26 bits per heavy atom. The maximum absolute atomic E-state index is 10.2. The number of aliphatic hydroxyl groups is 1. The van der Waals surface area contributed by atoms with Crippen molar-refractivity contribution in [1.82, 2.24) is 14.8 Å². The Kier molecular flexibility index (Phi) is 4.08. The molecule has 0 amide bonds. The molecule has 2 atom stereocenters. The van der Waals surface area contributed by atoms with Crippen LogP contribution in [0.4, 0.5) is 0 Å². The van der Waals surface area contributed by atoms with Crippen LogP contribution in [-0.2, 0) is 11.3 Å². The minimum Gasteiger partial charge on any atom is -0.390 e. The molecule has 0 aromatic carbocycles. The van der Waals surface area contributed by atoms with Gasteiger partial charge in [-0.15, -0.1) is 0 Å². The Balaban J connectivity index is 1.58. The van der Waals surface area contributed by atoms with Crippen LogP contribution in [0.25, 0.3) is 0 Å². The van der Waals surface area contributed by atoms with Gasteiger partial charge in [0, 0.05) is 45.0 Å². The quantitative estimate of drug-likeness (QED) is 0.829. The fraction of sp³-hybridized carbons (Fsp3) is 0.643. The number of morpholine rings is 1. The minimum atomic E-state index is -0.262. The Morgan fingerprint density at radius 3 is 2.84 bits per heavy atom. The van der Waals surface area contributed by atoms with Crippen molar-refractivity contribution in [3.8, 4) is 0 Å². The predicted molar refractivity (Wildman–Crippen MR) is 71.7 cm³/mol. The largest absolute Gasteiger partial charge is 0.390 e. The smallest absolute Gasteiger partial charge is 0.0834 e. The number of nitrogens with zero attached hydrogens (tertiary/aromatic N) is 3. The minimum absolute atomic E-state index is 0.243. The van der Waals surface area contributed by atoms with E-state index in [0.717, 1.165) is 51.6 Å². The first-order valence-corrected chi connectivity index (χ1v) is 6.95. The fourth-order valence-corrected chi connectivity index (χ4v) is 2.96. The van der Waals surface area contributed by atoms with E-state index in [1.807, 2.05) is 24.4 Å². The molecule has 1 N–H and O–H groups in total. The third-order valence-corrected chi connectivity index (χ3v) is 3.96. The second kappa shape index (κ2) is 5.96. The van der Waals surface area contributed by atoms with Gasteiger partial charge < -0.3 is 9.84 Å². The zero-order valence-corrected chi connectivity index (χ0v) is 11.1. The monoisotopic (exact) mass is 263 g/mol. The molecule has 0 radical (unpaired) electrons. The third-order valence-electron chi connectivity index (χ3n) is 3.96. The summed E-state index contributed by atoms with van der Waals surface area (Å²) in [6, 6.07) is 6.22. The van der Waals surface area contributed by atoms with Gasteiger partial charge in [0.15, 0.2) is 0 Å². The number of hydrogen-bond donors (Lipinski definition) is 1. The van der Waals surface area contributed by atoms with Crippen molar-refractivity contribution >= 4 is 0 Å². The zero-order valence-electron chi connectivity index (χ0n) is 11.1. The topological polar surface area (TPSA) is 48.8 Å². The molecule has 104 valence electrons. The van der Waals surface area contributed by atoms with Crippen molar-refractivity contribution in [3.63, 3.8) is 0 Å². The Hall–Kier alpha value is -1.01. The average Bonchev–Trinajstić information content (AvgIpc) is 2.82. The normalized spacial score (nSPS) is 29.7. The lowest BCUT2D eigenvalue weighted by Gasteiger charge is -2.33. The van der Waals surface area contributed by atoms with E-state index >= 15 is 0 Å². The lowest BCUT2D eigenvalue weighted by Crippen LogP contribution is -2.48. The molecule has 0 spiro atoms. The zero-order chi connectivity index (χ0) is 13.1. The third kappa shape index (κ3) is 3.12. The van der Waals surface area contributed by atoms with Crippen LogP contribution in [0.5, 0.6) is 0 Å². The number of aromatic nitrogens is 1. The molecule has 2 saturated heterocycles. The van der Waals surface area contributed by atoms with Crippen LogP contribution < -0.4 is 0 Å². The van der Waals surface area contributed by atoms with Crippen LogP contribution in [0.2, 0.25) is 0 Å². The van der Waals surface area contributed by atoms with Gasteiger partial charge in [-0.2, -0.15) is 0 Å². The molecule has 0 saturated carbocycles. The van der Waals surface area contributed by atoms with E-state index in [1.165, 1.54) is 0 Å². The van der Waals surface area contributed by atoms with Crippen LogP contribution in [0.1, 0.15) is 5.69 Å². The molecule has 5 nitrogen and oxygen atoms in total. The van der Waals surface area contributed by atoms with Crippen molar-refractivity contribution in [2.75, 3.05) is 39.4 Å². The number of rotatable bonds is 3. The number of hydrogen-bond acceptors (Lipinski definition) is 5. The van der Waals surface area contributed by atoms with Gasteiger partial charge in [-0.05, 0) is 12.1 Å². The molecule has 1 aromatic heterocycles. The highest BCUT2D eigenvalue weighted by atomic mass is 16.5.